The SMILES string of the molecule is CC(C)OC(=O)Nc1ccc(-c2cnc(C3CCCCC3)s2)c(NC(=O)NCCO)c1. The van der Waals surface area contributed by atoms with E-state index in [0.717, 1.165) is 15.4 Å². The molecule has 8 nitrogen and oxygen atoms in total. The van der Waals surface area contributed by atoms with Gasteiger partial charge in [-0.2, -0.15) is 0 Å². The van der Waals surface area contributed by atoms with E-state index in [2.05, 4.69) is 20.9 Å². The fraction of sp³-hybridized carbons (Fsp3) is 0.500. The topological polar surface area (TPSA) is 113 Å². The zero-order valence-corrected chi connectivity index (χ0v) is 18.8. The number of aliphatic hydroxyl groups is 1. The second-order valence-electron chi connectivity index (χ2n) is 7.84. The van der Waals surface area contributed by atoms with Crippen molar-refractivity contribution >= 4 is 34.8 Å². The molecule has 0 atom stereocenters. The Labute approximate surface area is 186 Å². The van der Waals surface area contributed by atoms with Crippen LogP contribution in [0.4, 0.5) is 21.0 Å². The van der Waals surface area contributed by atoms with E-state index in [1.807, 2.05) is 12.3 Å². The molecular weight excluding hydrogens is 416 g/mol. The quantitative estimate of drug-likeness (QED) is 0.482. The lowest BCUT2D eigenvalue weighted by Gasteiger charge is -2.19. The van der Waals surface area contributed by atoms with Gasteiger partial charge in [-0.15, -0.1) is 11.3 Å². The summed E-state index contributed by atoms with van der Waals surface area (Å²) < 4.78 is 5.13. The first-order valence-corrected chi connectivity index (χ1v) is 11.5. The molecule has 1 aliphatic carbocycles. The predicted molar refractivity (Wildman–Crippen MR) is 123 cm³/mol. The van der Waals surface area contributed by atoms with Crippen molar-refractivity contribution in [2.75, 3.05) is 23.8 Å². The standard InChI is InChI=1S/C22H30N4O4S/c1-14(2)30-22(29)25-16-8-9-17(18(12-16)26-21(28)23-10-11-27)19-13-24-20(31-19)15-6-4-3-5-7-15/h8-9,12-15,27H,3-7,10-11H2,1-2H3,(H,25,29)(H2,23,26,28). The molecule has 1 aromatic heterocycles. The van der Waals surface area contributed by atoms with Crippen molar-refractivity contribution in [2.45, 2.75) is 58.0 Å². The number of nitrogens with zero attached hydrogens (tertiary/aromatic N) is 1. The van der Waals surface area contributed by atoms with Crippen LogP contribution in [-0.4, -0.2) is 41.5 Å². The third-order valence-corrected chi connectivity index (χ3v) is 6.19. The highest BCUT2D eigenvalue weighted by Crippen LogP contribution is 2.40. The van der Waals surface area contributed by atoms with Crippen LogP contribution in [0.3, 0.4) is 0 Å². The van der Waals surface area contributed by atoms with Gasteiger partial charge in [0.25, 0.3) is 0 Å². The van der Waals surface area contributed by atoms with Crippen LogP contribution in [0.25, 0.3) is 10.4 Å². The molecule has 0 radical (unpaired) electrons. The average molecular weight is 447 g/mol. The van der Waals surface area contributed by atoms with E-state index in [4.69, 9.17) is 9.84 Å². The van der Waals surface area contributed by atoms with Crippen LogP contribution >= 0.6 is 11.3 Å². The molecule has 168 valence electrons. The van der Waals surface area contributed by atoms with Gasteiger partial charge in [0.15, 0.2) is 0 Å². The molecule has 1 aromatic carbocycles. The number of carbonyl (C=O) groups excluding carboxylic acids is 2. The van der Waals surface area contributed by atoms with E-state index in [9.17, 15) is 9.59 Å². The lowest BCUT2D eigenvalue weighted by molar-refractivity contribution is 0.130. The normalized spacial score (nSPS) is 14.3. The summed E-state index contributed by atoms with van der Waals surface area (Å²) in [7, 11) is 0. The number of ether oxygens (including phenoxy) is 1. The van der Waals surface area contributed by atoms with E-state index in [1.54, 1.807) is 37.3 Å². The molecule has 3 rings (SSSR count). The summed E-state index contributed by atoms with van der Waals surface area (Å²) >= 11 is 1.64. The Balaban J connectivity index is 1.84. The smallest absolute Gasteiger partial charge is 0.411 e. The second-order valence-corrected chi connectivity index (χ2v) is 8.90. The molecule has 2 aromatic rings. The van der Waals surface area contributed by atoms with E-state index < -0.39 is 12.1 Å². The Morgan fingerprint density at radius 1 is 1.23 bits per heavy atom. The number of aliphatic hydroxyl groups excluding tert-OH is 1. The highest BCUT2D eigenvalue weighted by Gasteiger charge is 2.20. The van der Waals surface area contributed by atoms with Gasteiger partial charge >= 0.3 is 12.1 Å². The Bertz CT molecular complexity index is 893. The fourth-order valence-electron chi connectivity index (χ4n) is 3.59. The molecule has 0 bridgehead atoms. The average Bonchev–Trinajstić information content (AvgIpc) is 3.22. The first-order chi connectivity index (χ1) is 15.0. The van der Waals surface area contributed by atoms with Crippen LogP contribution in [0.1, 0.15) is 56.9 Å². The number of hydrogen-bond donors (Lipinski definition) is 4. The summed E-state index contributed by atoms with van der Waals surface area (Å²) in [6.07, 6.45) is 7.16. The molecule has 1 fully saturated rings. The number of benzene rings is 1. The largest absolute Gasteiger partial charge is 0.447 e. The van der Waals surface area contributed by atoms with Crippen molar-refractivity contribution in [1.82, 2.24) is 10.3 Å². The summed E-state index contributed by atoms with van der Waals surface area (Å²) in [6.45, 7) is 3.54. The van der Waals surface area contributed by atoms with Gasteiger partial charge in [-0.1, -0.05) is 19.3 Å². The monoisotopic (exact) mass is 446 g/mol. The number of anilines is 2. The van der Waals surface area contributed by atoms with Gasteiger partial charge in [-0.25, -0.2) is 14.6 Å². The van der Waals surface area contributed by atoms with E-state index in [1.165, 1.54) is 32.1 Å². The Kier molecular flexibility index (Phi) is 8.25. The van der Waals surface area contributed by atoms with Crippen molar-refractivity contribution in [3.05, 3.63) is 29.4 Å². The molecule has 0 spiro atoms. The van der Waals surface area contributed by atoms with Crippen molar-refractivity contribution in [1.29, 1.82) is 0 Å². The maximum Gasteiger partial charge on any atom is 0.411 e. The molecule has 3 amide bonds. The van der Waals surface area contributed by atoms with Crippen LogP contribution in [0.15, 0.2) is 24.4 Å². The van der Waals surface area contributed by atoms with Crippen molar-refractivity contribution in [3.8, 4) is 10.4 Å². The van der Waals surface area contributed by atoms with Crippen LogP contribution in [-0.2, 0) is 4.74 Å². The van der Waals surface area contributed by atoms with Gasteiger partial charge in [0.2, 0.25) is 0 Å². The minimum Gasteiger partial charge on any atom is -0.447 e. The third-order valence-electron chi connectivity index (χ3n) is 5.00. The molecule has 4 N–H and O–H groups in total. The first kappa shape index (κ1) is 23.0. The summed E-state index contributed by atoms with van der Waals surface area (Å²) in [5.74, 6) is 0.503. The van der Waals surface area contributed by atoms with Gasteiger partial charge in [0.1, 0.15) is 0 Å². The maximum absolute atomic E-state index is 12.2. The number of rotatable bonds is 7. The highest BCUT2D eigenvalue weighted by atomic mass is 32.1. The lowest BCUT2D eigenvalue weighted by Crippen LogP contribution is -2.31. The van der Waals surface area contributed by atoms with Gasteiger partial charge in [0.05, 0.1) is 28.3 Å². The Morgan fingerprint density at radius 2 is 2.00 bits per heavy atom. The lowest BCUT2D eigenvalue weighted by atomic mass is 9.90. The molecule has 0 unspecified atom stereocenters. The summed E-state index contributed by atoms with van der Waals surface area (Å²) in [6, 6.07) is 4.88. The van der Waals surface area contributed by atoms with Crippen LogP contribution in [0.2, 0.25) is 0 Å². The predicted octanol–water partition coefficient (Wildman–Crippen LogP) is 4.93. The molecule has 0 saturated heterocycles. The van der Waals surface area contributed by atoms with Crippen molar-refractivity contribution in [3.63, 3.8) is 0 Å². The van der Waals surface area contributed by atoms with E-state index in [0.29, 0.717) is 17.3 Å². The number of nitrogens with one attached hydrogen (secondary N) is 3. The van der Waals surface area contributed by atoms with Gasteiger partial charge < -0.3 is 20.5 Å². The molecule has 1 aliphatic rings. The van der Waals surface area contributed by atoms with Crippen molar-refractivity contribution < 1.29 is 19.4 Å². The van der Waals surface area contributed by atoms with E-state index >= 15 is 0 Å². The van der Waals surface area contributed by atoms with Gasteiger partial charge in [0, 0.05) is 29.9 Å². The van der Waals surface area contributed by atoms with Gasteiger partial charge in [-0.05, 0) is 44.9 Å². The Morgan fingerprint density at radius 3 is 2.71 bits per heavy atom. The fourth-order valence-corrected chi connectivity index (χ4v) is 4.71. The first-order valence-electron chi connectivity index (χ1n) is 10.7. The van der Waals surface area contributed by atoms with Crippen LogP contribution < -0.4 is 16.0 Å². The van der Waals surface area contributed by atoms with Crippen molar-refractivity contribution in [2.24, 2.45) is 0 Å². The number of thiazole rings is 1. The molecule has 9 heteroatoms. The van der Waals surface area contributed by atoms with Gasteiger partial charge in [-0.3, -0.25) is 5.32 Å². The zero-order chi connectivity index (χ0) is 22.2. The maximum atomic E-state index is 12.2. The van der Waals surface area contributed by atoms with E-state index in [-0.39, 0.29) is 19.3 Å². The van der Waals surface area contributed by atoms with Crippen LogP contribution in [0.5, 0.6) is 0 Å². The molecular formula is C22H30N4O4S. The number of urea groups is 1. The number of carbonyl (C=O) groups is 2. The highest BCUT2D eigenvalue weighted by molar-refractivity contribution is 7.15. The van der Waals surface area contributed by atoms with Crippen LogP contribution in [0, 0.1) is 0 Å². The minimum absolute atomic E-state index is 0.145. The zero-order valence-electron chi connectivity index (χ0n) is 17.9. The number of amides is 3. The molecule has 1 heterocycles. The minimum atomic E-state index is -0.559. The summed E-state index contributed by atoms with van der Waals surface area (Å²) in [4.78, 5) is 29.8. The number of aromatic nitrogens is 1. The summed E-state index contributed by atoms with van der Waals surface area (Å²) in [5.41, 5.74) is 1.86. The Hall–Kier alpha value is -2.65. The second kappa shape index (κ2) is 11.1. The molecule has 0 aliphatic heterocycles. The third kappa shape index (κ3) is 6.67. The summed E-state index contributed by atoms with van der Waals surface area (Å²) in [5, 5.41) is 18.1. The number of hydrogen-bond acceptors (Lipinski definition) is 6. The molecule has 31 heavy (non-hydrogen) atoms. The molecule has 1 saturated carbocycles.